The molecule has 0 aliphatic carbocycles. The number of hydrogen-bond acceptors (Lipinski definition) is 4. The second kappa shape index (κ2) is 6.94. The Balaban J connectivity index is 2.21. The summed E-state index contributed by atoms with van der Waals surface area (Å²) in [5, 5.41) is 7.88. The van der Waals surface area contributed by atoms with Crippen molar-refractivity contribution >= 4 is 27.5 Å². The van der Waals surface area contributed by atoms with E-state index in [1.165, 1.54) is 0 Å². The molecule has 1 aromatic heterocycles. The number of nitrogens with one attached hydrogen (secondary N) is 1. The van der Waals surface area contributed by atoms with Gasteiger partial charge in [-0.1, -0.05) is 28.1 Å². The van der Waals surface area contributed by atoms with E-state index in [-0.39, 0.29) is 5.84 Å². The van der Waals surface area contributed by atoms with Crippen molar-refractivity contribution in [3.8, 4) is 28.3 Å². The number of halogens is 1. The van der Waals surface area contributed by atoms with Gasteiger partial charge >= 0.3 is 0 Å². The van der Waals surface area contributed by atoms with E-state index in [1.807, 2.05) is 48.5 Å². The lowest BCUT2D eigenvalue weighted by molar-refractivity contribution is 0.415. The van der Waals surface area contributed by atoms with Gasteiger partial charge in [-0.25, -0.2) is 4.98 Å². The normalized spacial score (nSPS) is 10.5. The summed E-state index contributed by atoms with van der Waals surface area (Å²) in [6, 6.07) is 17.0. The molecule has 0 unspecified atom stereocenters. The molecule has 0 saturated heterocycles. The van der Waals surface area contributed by atoms with E-state index in [9.17, 15) is 0 Å². The first kappa shape index (κ1) is 17.0. The number of pyridine rings is 1. The van der Waals surface area contributed by atoms with Crippen LogP contribution in [0, 0.1) is 5.41 Å². The van der Waals surface area contributed by atoms with Crippen molar-refractivity contribution < 1.29 is 4.74 Å². The highest BCUT2D eigenvalue weighted by molar-refractivity contribution is 9.10. The third-order valence-electron chi connectivity index (χ3n) is 3.80. The topological polar surface area (TPSA) is 98.0 Å². The number of anilines is 1. The summed E-state index contributed by atoms with van der Waals surface area (Å²) in [7, 11) is 1.61. The maximum absolute atomic E-state index is 7.88. The highest BCUT2D eigenvalue weighted by Gasteiger charge is 2.16. The van der Waals surface area contributed by atoms with Crippen molar-refractivity contribution in [3.63, 3.8) is 0 Å². The van der Waals surface area contributed by atoms with Crippen LogP contribution < -0.4 is 16.2 Å². The van der Waals surface area contributed by atoms with Crippen LogP contribution in [0.25, 0.3) is 22.5 Å². The molecule has 0 amide bonds. The van der Waals surface area contributed by atoms with E-state index in [2.05, 4.69) is 15.9 Å². The van der Waals surface area contributed by atoms with E-state index >= 15 is 0 Å². The van der Waals surface area contributed by atoms with Gasteiger partial charge in [0.15, 0.2) is 0 Å². The first-order chi connectivity index (χ1) is 12.0. The summed E-state index contributed by atoms with van der Waals surface area (Å²) in [5.74, 6) is 0.626. The molecule has 6 heteroatoms. The average molecular weight is 397 g/mol. The molecule has 1 heterocycles. The van der Waals surface area contributed by atoms with Crippen LogP contribution >= 0.6 is 15.9 Å². The van der Waals surface area contributed by atoms with E-state index in [0.29, 0.717) is 16.9 Å². The minimum Gasteiger partial charge on any atom is -0.497 e. The summed E-state index contributed by atoms with van der Waals surface area (Å²) < 4.78 is 6.15. The number of hydrogen-bond donors (Lipinski definition) is 3. The number of nitrogen functional groups attached to an aromatic ring is 2. The summed E-state index contributed by atoms with van der Waals surface area (Å²) in [6.07, 6.45) is 0. The number of nitrogens with two attached hydrogens (primary N) is 2. The molecule has 0 aliphatic rings. The predicted octanol–water partition coefficient (Wildman–Crippen LogP) is 4.05. The summed E-state index contributed by atoms with van der Waals surface area (Å²) in [4.78, 5) is 4.73. The van der Waals surface area contributed by atoms with Crippen molar-refractivity contribution in [1.29, 1.82) is 5.41 Å². The van der Waals surface area contributed by atoms with E-state index in [0.717, 1.165) is 27.0 Å². The minimum absolute atomic E-state index is 0.114. The molecule has 0 fully saturated rings. The Hall–Kier alpha value is -2.86. The molecule has 0 spiro atoms. The zero-order chi connectivity index (χ0) is 18.0. The second-order valence-electron chi connectivity index (χ2n) is 5.47. The fraction of sp³-hybridized carbons (Fsp3) is 0.0526. The monoisotopic (exact) mass is 396 g/mol. The SMILES string of the molecule is COc1ccc(-c2nc(-c3cccc(Br)c3)cc(N)c2C(=N)N)cc1. The standard InChI is InChI=1S/C19H17BrN4O/c1-25-14-7-5-11(6-8-14)18-17(19(22)23)15(21)10-16(24-18)12-3-2-4-13(20)9-12/h2-10H,1H3,(H2,21,24)(H3,22,23). The highest BCUT2D eigenvalue weighted by atomic mass is 79.9. The molecule has 126 valence electrons. The molecule has 25 heavy (non-hydrogen) atoms. The van der Waals surface area contributed by atoms with Gasteiger partial charge in [-0.15, -0.1) is 0 Å². The Labute approximate surface area is 154 Å². The van der Waals surface area contributed by atoms with Gasteiger partial charge in [0.2, 0.25) is 0 Å². The lowest BCUT2D eigenvalue weighted by Crippen LogP contribution is -2.16. The summed E-state index contributed by atoms with van der Waals surface area (Å²) in [5.41, 5.74) is 15.8. The molecule has 0 radical (unpaired) electrons. The van der Waals surface area contributed by atoms with Crippen molar-refractivity contribution in [2.75, 3.05) is 12.8 Å². The van der Waals surface area contributed by atoms with E-state index in [1.54, 1.807) is 13.2 Å². The molecular weight excluding hydrogens is 380 g/mol. The third kappa shape index (κ3) is 3.49. The number of aromatic nitrogens is 1. The van der Waals surface area contributed by atoms with E-state index < -0.39 is 0 Å². The number of nitrogens with zero attached hydrogens (tertiary/aromatic N) is 1. The Kier molecular flexibility index (Phi) is 4.72. The van der Waals surface area contributed by atoms with Gasteiger partial charge < -0.3 is 16.2 Å². The van der Waals surface area contributed by atoms with Gasteiger partial charge in [-0.05, 0) is 42.5 Å². The predicted molar refractivity (Wildman–Crippen MR) is 105 cm³/mol. The summed E-state index contributed by atoms with van der Waals surface area (Å²) in [6.45, 7) is 0. The molecular formula is C19H17BrN4O. The van der Waals surface area contributed by atoms with Crippen LogP contribution in [0.1, 0.15) is 5.56 Å². The van der Waals surface area contributed by atoms with Gasteiger partial charge in [-0.2, -0.15) is 0 Å². The highest BCUT2D eigenvalue weighted by Crippen LogP contribution is 2.32. The molecule has 5 N–H and O–H groups in total. The Bertz CT molecular complexity index is 939. The van der Waals surface area contributed by atoms with Gasteiger partial charge in [0.1, 0.15) is 11.6 Å². The minimum atomic E-state index is -0.114. The van der Waals surface area contributed by atoms with Crippen LogP contribution in [0.4, 0.5) is 5.69 Å². The third-order valence-corrected chi connectivity index (χ3v) is 4.30. The Morgan fingerprint density at radius 2 is 1.80 bits per heavy atom. The molecule has 0 saturated carbocycles. The number of amidine groups is 1. The fourth-order valence-corrected chi connectivity index (χ4v) is 3.00. The molecule has 5 nitrogen and oxygen atoms in total. The largest absolute Gasteiger partial charge is 0.497 e. The molecule has 3 rings (SSSR count). The van der Waals surface area contributed by atoms with Crippen LogP contribution in [-0.2, 0) is 0 Å². The van der Waals surface area contributed by atoms with Crippen LogP contribution in [0.2, 0.25) is 0 Å². The van der Waals surface area contributed by atoms with Gasteiger partial charge in [0.05, 0.1) is 24.1 Å². The Morgan fingerprint density at radius 1 is 1.08 bits per heavy atom. The first-order valence-corrected chi connectivity index (χ1v) is 8.34. The maximum Gasteiger partial charge on any atom is 0.127 e. The van der Waals surface area contributed by atoms with Gasteiger partial charge in [0, 0.05) is 21.3 Å². The van der Waals surface area contributed by atoms with Gasteiger partial charge in [-0.3, -0.25) is 5.41 Å². The molecule has 0 bridgehead atoms. The lowest BCUT2D eigenvalue weighted by atomic mass is 10.0. The fourth-order valence-electron chi connectivity index (χ4n) is 2.60. The number of benzene rings is 2. The second-order valence-corrected chi connectivity index (χ2v) is 6.39. The van der Waals surface area contributed by atoms with Crippen LogP contribution in [0.15, 0.2) is 59.1 Å². The molecule has 2 aromatic carbocycles. The molecule has 0 aliphatic heterocycles. The lowest BCUT2D eigenvalue weighted by Gasteiger charge is -2.14. The van der Waals surface area contributed by atoms with Gasteiger partial charge in [0.25, 0.3) is 0 Å². The van der Waals surface area contributed by atoms with Crippen LogP contribution in [-0.4, -0.2) is 17.9 Å². The zero-order valence-corrected chi connectivity index (χ0v) is 15.2. The quantitative estimate of drug-likeness (QED) is 0.457. The van der Waals surface area contributed by atoms with Crippen LogP contribution in [0.3, 0.4) is 0 Å². The van der Waals surface area contributed by atoms with Crippen LogP contribution in [0.5, 0.6) is 5.75 Å². The number of rotatable bonds is 4. The number of methoxy groups -OCH3 is 1. The van der Waals surface area contributed by atoms with Crippen molar-refractivity contribution in [2.45, 2.75) is 0 Å². The van der Waals surface area contributed by atoms with E-state index in [4.69, 9.17) is 26.6 Å². The van der Waals surface area contributed by atoms with Crippen molar-refractivity contribution in [2.24, 2.45) is 5.73 Å². The Morgan fingerprint density at radius 3 is 2.40 bits per heavy atom. The average Bonchev–Trinajstić information content (AvgIpc) is 2.60. The summed E-state index contributed by atoms with van der Waals surface area (Å²) >= 11 is 3.47. The number of ether oxygens (including phenoxy) is 1. The zero-order valence-electron chi connectivity index (χ0n) is 13.6. The smallest absolute Gasteiger partial charge is 0.127 e. The van der Waals surface area contributed by atoms with Crippen molar-refractivity contribution in [1.82, 2.24) is 4.98 Å². The molecule has 0 atom stereocenters. The maximum atomic E-state index is 7.88. The molecule has 3 aromatic rings. The van der Waals surface area contributed by atoms with Crippen molar-refractivity contribution in [3.05, 3.63) is 64.6 Å². The first-order valence-electron chi connectivity index (χ1n) is 7.55.